The van der Waals surface area contributed by atoms with Crippen molar-refractivity contribution in [3.8, 4) is 12.3 Å². The standard InChI is InChI=1S/C29H45N3O3.C11H14N2O3/c1-19(2)23-17-20(3)32(18-23)27(34)26(29(4,5)6)31-28(35)30-24(21-13-9-7-10-14-21)25(33)22-15-11-8-12-16-22;1-3-5-6-9(13-8-14)10(15)11(16)12-7-4-2/h8,11-12,15-16,19-21,23-24,26H,7,9-10,13-14,17-18H2,1-6H3,(H2,30,31,35);1,4,8-9H,2,5-7H2,(H,12,16)(H,13,14)/t20-,23-,24?,26?;/m1./s1. The zero-order chi connectivity index (χ0) is 38.1. The lowest BCUT2D eigenvalue weighted by molar-refractivity contribution is -0.139. The summed E-state index contributed by atoms with van der Waals surface area (Å²) >= 11 is 0. The number of ketones is 2. The summed E-state index contributed by atoms with van der Waals surface area (Å²) < 4.78 is 0. The van der Waals surface area contributed by atoms with Crippen LogP contribution in [0.1, 0.15) is 103 Å². The van der Waals surface area contributed by atoms with Gasteiger partial charge in [0.15, 0.2) is 5.78 Å². The van der Waals surface area contributed by atoms with Crippen LogP contribution in [-0.2, 0) is 19.2 Å². The fourth-order valence-electron chi connectivity index (χ4n) is 6.65. The highest BCUT2D eigenvalue weighted by molar-refractivity contribution is 6.38. The lowest BCUT2D eigenvalue weighted by Crippen LogP contribution is -2.59. The van der Waals surface area contributed by atoms with Gasteiger partial charge in [-0.25, -0.2) is 4.79 Å². The van der Waals surface area contributed by atoms with E-state index in [4.69, 9.17) is 6.42 Å². The van der Waals surface area contributed by atoms with Gasteiger partial charge in [-0.1, -0.05) is 90.3 Å². The lowest BCUT2D eigenvalue weighted by atomic mass is 9.81. The van der Waals surface area contributed by atoms with Crippen LogP contribution in [0.25, 0.3) is 0 Å². The van der Waals surface area contributed by atoms with Crippen molar-refractivity contribution in [2.24, 2.45) is 23.2 Å². The number of nitrogens with zero attached hydrogens (tertiary/aromatic N) is 1. The van der Waals surface area contributed by atoms with Crippen molar-refractivity contribution in [3.05, 3.63) is 48.6 Å². The maximum absolute atomic E-state index is 13.7. The largest absolute Gasteiger partial charge is 0.348 e. The van der Waals surface area contributed by atoms with Crippen LogP contribution < -0.4 is 21.3 Å². The van der Waals surface area contributed by atoms with E-state index in [9.17, 15) is 28.8 Å². The van der Waals surface area contributed by atoms with Crippen LogP contribution in [0.4, 0.5) is 4.79 Å². The third kappa shape index (κ3) is 13.3. The SMILES string of the molecule is C#CCCC(NC=O)C(=O)C(=O)NCC=C.CC(C)[C@@H]1C[C@@H](C)N(C(=O)C(NC(=O)NC(C(=O)c2ccccc2)C2CCCCC2)C(C)(C)C)C1. The predicted molar refractivity (Wildman–Crippen MR) is 199 cm³/mol. The maximum atomic E-state index is 13.7. The Hall–Kier alpha value is -4.46. The molecule has 3 unspecified atom stereocenters. The van der Waals surface area contributed by atoms with Gasteiger partial charge in [-0.05, 0) is 55.8 Å². The van der Waals surface area contributed by atoms with Crippen LogP contribution in [0.15, 0.2) is 43.0 Å². The summed E-state index contributed by atoms with van der Waals surface area (Å²) in [4.78, 5) is 75.4. The molecular weight excluding hydrogens is 646 g/mol. The van der Waals surface area contributed by atoms with Gasteiger partial charge in [-0.15, -0.1) is 18.9 Å². The third-order valence-electron chi connectivity index (χ3n) is 9.76. The third-order valence-corrected chi connectivity index (χ3v) is 9.76. The Balaban J connectivity index is 0.000000475. The summed E-state index contributed by atoms with van der Waals surface area (Å²) in [5.41, 5.74) is 0.144. The molecule has 1 aliphatic carbocycles. The molecule has 280 valence electrons. The van der Waals surface area contributed by atoms with Crippen LogP contribution in [0.2, 0.25) is 0 Å². The smallest absolute Gasteiger partial charge is 0.316 e. The molecule has 1 heterocycles. The monoisotopic (exact) mass is 705 g/mol. The molecule has 1 aliphatic heterocycles. The molecule has 0 radical (unpaired) electrons. The number of benzene rings is 1. The highest BCUT2D eigenvalue weighted by atomic mass is 16.2. The summed E-state index contributed by atoms with van der Waals surface area (Å²) in [7, 11) is 0. The first-order chi connectivity index (χ1) is 24.2. The average Bonchev–Trinajstić information content (AvgIpc) is 3.51. The first-order valence-corrected chi connectivity index (χ1v) is 18.2. The van der Waals surface area contributed by atoms with Crippen LogP contribution in [0.5, 0.6) is 0 Å². The Kier molecular flexibility index (Phi) is 17.6. The lowest BCUT2D eigenvalue weighted by Gasteiger charge is -2.36. The van der Waals surface area contributed by atoms with Crippen molar-refractivity contribution in [2.75, 3.05) is 13.1 Å². The molecular formula is C40H59N5O6. The van der Waals surface area contributed by atoms with Crippen LogP contribution in [0.3, 0.4) is 0 Å². The molecule has 0 bridgehead atoms. The van der Waals surface area contributed by atoms with E-state index in [0.29, 0.717) is 30.2 Å². The Labute approximate surface area is 304 Å². The quantitative estimate of drug-likeness (QED) is 0.0676. The fraction of sp³-hybridized carbons (Fsp3) is 0.600. The van der Waals surface area contributed by atoms with E-state index in [1.807, 2.05) is 43.9 Å². The fourth-order valence-corrected chi connectivity index (χ4v) is 6.65. The van der Waals surface area contributed by atoms with Gasteiger partial charge in [-0.3, -0.25) is 24.0 Å². The Morgan fingerprint density at radius 3 is 2.20 bits per heavy atom. The van der Waals surface area contributed by atoms with Gasteiger partial charge < -0.3 is 26.2 Å². The van der Waals surface area contributed by atoms with E-state index in [0.717, 1.165) is 38.6 Å². The van der Waals surface area contributed by atoms with Gasteiger partial charge in [0, 0.05) is 31.1 Å². The van der Waals surface area contributed by atoms with Gasteiger partial charge in [0.05, 0.1) is 12.1 Å². The van der Waals surface area contributed by atoms with Crippen molar-refractivity contribution in [3.63, 3.8) is 0 Å². The van der Waals surface area contributed by atoms with E-state index in [1.165, 1.54) is 12.5 Å². The number of rotatable bonds is 15. The Bertz CT molecular complexity index is 1380. The molecule has 4 N–H and O–H groups in total. The van der Waals surface area contributed by atoms with E-state index >= 15 is 0 Å². The van der Waals surface area contributed by atoms with E-state index in [2.05, 4.69) is 54.5 Å². The maximum Gasteiger partial charge on any atom is 0.316 e. The molecule has 5 amide bonds. The second-order valence-electron chi connectivity index (χ2n) is 15.0. The van der Waals surface area contributed by atoms with Crippen molar-refractivity contribution in [1.82, 2.24) is 26.2 Å². The van der Waals surface area contributed by atoms with E-state index in [1.54, 1.807) is 12.1 Å². The van der Waals surface area contributed by atoms with Gasteiger partial charge in [0.1, 0.15) is 6.04 Å². The number of amides is 5. The summed E-state index contributed by atoms with van der Waals surface area (Å²) in [6.07, 6.45) is 13.6. The second-order valence-corrected chi connectivity index (χ2v) is 15.0. The molecule has 51 heavy (non-hydrogen) atoms. The molecule has 11 nitrogen and oxygen atoms in total. The van der Waals surface area contributed by atoms with Crippen molar-refractivity contribution >= 4 is 35.8 Å². The number of Topliss-reactive ketones (excluding diaryl/α,β-unsaturated/α-hetero) is 2. The highest BCUT2D eigenvalue weighted by Crippen LogP contribution is 2.32. The first-order valence-electron chi connectivity index (χ1n) is 18.2. The van der Waals surface area contributed by atoms with E-state index < -0.39 is 41.3 Å². The minimum Gasteiger partial charge on any atom is -0.348 e. The summed E-state index contributed by atoms with van der Waals surface area (Å²) in [6, 6.07) is 6.78. The molecule has 2 fully saturated rings. The van der Waals surface area contributed by atoms with Gasteiger partial charge in [0.2, 0.25) is 18.1 Å². The Morgan fingerprint density at radius 1 is 1.02 bits per heavy atom. The van der Waals surface area contributed by atoms with Crippen molar-refractivity contribution < 1.29 is 28.8 Å². The molecule has 1 saturated heterocycles. The number of likely N-dealkylation sites (tertiary alicyclic amines) is 1. The first kappa shape index (κ1) is 42.7. The molecule has 2 aliphatic rings. The van der Waals surface area contributed by atoms with Gasteiger partial charge in [0.25, 0.3) is 5.91 Å². The number of terminal acetylenes is 1. The molecule has 0 aromatic heterocycles. The van der Waals surface area contributed by atoms with Gasteiger partial charge in [-0.2, -0.15) is 0 Å². The van der Waals surface area contributed by atoms with Crippen molar-refractivity contribution in [2.45, 2.75) is 117 Å². The molecule has 1 saturated carbocycles. The predicted octanol–water partition coefficient (Wildman–Crippen LogP) is 4.81. The number of urea groups is 1. The van der Waals surface area contributed by atoms with Crippen LogP contribution in [-0.4, -0.2) is 78.0 Å². The topological polar surface area (TPSA) is 154 Å². The second kappa shape index (κ2) is 21.0. The molecule has 5 atom stereocenters. The van der Waals surface area contributed by atoms with Gasteiger partial charge >= 0.3 is 6.03 Å². The number of carbonyl (C=O) groups excluding carboxylic acids is 6. The molecule has 0 spiro atoms. The normalized spacial score (nSPS) is 19.2. The van der Waals surface area contributed by atoms with Crippen molar-refractivity contribution in [1.29, 1.82) is 0 Å². The van der Waals surface area contributed by atoms with E-state index in [-0.39, 0.29) is 36.6 Å². The number of hydrogen-bond acceptors (Lipinski definition) is 6. The van der Waals surface area contributed by atoms with Crippen LogP contribution >= 0.6 is 0 Å². The summed E-state index contributed by atoms with van der Waals surface area (Å²) in [6.45, 7) is 16.8. The Morgan fingerprint density at radius 2 is 1.67 bits per heavy atom. The van der Waals surface area contributed by atoms with Crippen LogP contribution in [0, 0.1) is 35.5 Å². The number of carbonyl (C=O) groups is 6. The minimum atomic E-state index is -0.863. The minimum absolute atomic E-state index is 0.0353. The molecule has 1 aromatic rings. The summed E-state index contributed by atoms with van der Waals surface area (Å²) in [5, 5.41) is 10.6. The zero-order valence-corrected chi connectivity index (χ0v) is 31.3. The average molecular weight is 706 g/mol. The number of hydrogen-bond donors (Lipinski definition) is 4. The molecule has 1 aromatic carbocycles. The molecule has 11 heteroatoms. The summed E-state index contributed by atoms with van der Waals surface area (Å²) in [5.74, 6) is 1.88. The zero-order valence-electron chi connectivity index (χ0n) is 31.3. The number of nitrogens with one attached hydrogen (secondary N) is 4. The highest BCUT2D eigenvalue weighted by Gasteiger charge is 2.42. The molecule has 3 rings (SSSR count).